The van der Waals surface area contributed by atoms with Crippen LogP contribution in [0.5, 0.6) is 5.75 Å². The summed E-state index contributed by atoms with van der Waals surface area (Å²) in [6.45, 7) is 0. The summed E-state index contributed by atoms with van der Waals surface area (Å²) in [6, 6.07) is 7.40. The fourth-order valence-corrected chi connectivity index (χ4v) is 1.52. The predicted octanol–water partition coefficient (Wildman–Crippen LogP) is 2.74. The number of ether oxygens (including phenoxy) is 1. The van der Waals surface area contributed by atoms with Crippen LogP contribution >= 0.6 is 11.6 Å². The number of hydrogen-bond acceptors (Lipinski definition) is 2. The molecule has 0 amide bonds. The van der Waals surface area contributed by atoms with Crippen LogP contribution in [0.25, 0.3) is 11.3 Å². The quantitative estimate of drug-likeness (QED) is 0.824. The number of benzene rings is 1. The molecule has 0 fully saturated rings. The Morgan fingerprint density at radius 1 is 1.36 bits per heavy atom. The molecule has 14 heavy (non-hydrogen) atoms. The highest BCUT2D eigenvalue weighted by atomic mass is 35.5. The van der Waals surface area contributed by atoms with Crippen LogP contribution in [0.3, 0.4) is 0 Å². The van der Waals surface area contributed by atoms with Gasteiger partial charge in [-0.25, -0.2) is 0 Å². The lowest BCUT2D eigenvalue weighted by Gasteiger charge is -2.04. The molecular weight excluding hydrogens is 200 g/mol. The van der Waals surface area contributed by atoms with E-state index in [-0.39, 0.29) is 0 Å². The molecule has 72 valence electrons. The van der Waals surface area contributed by atoms with Crippen molar-refractivity contribution in [3.63, 3.8) is 0 Å². The van der Waals surface area contributed by atoms with Crippen molar-refractivity contribution >= 4 is 11.6 Å². The van der Waals surface area contributed by atoms with Crippen LogP contribution in [0.2, 0.25) is 5.02 Å². The summed E-state index contributed by atoms with van der Waals surface area (Å²) >= 11 is 6.07. The van der Waals surface area contributed by atoms with Crippen molar-refractivity contribution < 1.29 is 4.74 Å². The maximum atomic E-state index is 6.07. The molecule has 0 radical (unpaired) electrons. The topological polar surface area (TPSA) is 37.9 Å². The largest absolute Gasteiger partial charge is 0.497 e. The van der Waals surface area contributed by atoms with E-state index in [0.29, 0.717) is 5.02 Å². The monoisotopic (exact) mass is 208 g/mol. The van der Waals surface area contributed by atoms with Crippen molar-refractivity contribution in [3.8, 4) is 17.0 Å². The summed E-state index contributed by atoms with van der Waals surface area (Å²) in [5.74, 6) is 0.748. The van der Waals surface area contributed by atoms with Gasteiger partial charge in [0, 0.05) is 11.8 Å². The van der Waals surface area contributed by atoms with Crippen LogP contribution in [0.1, 0.15) is 0 Å². The molecule has 3 nitrogen and oxygen atoms in total. The first-order valence-corrected chi connectivity index (χ1v) is 4.52. The van der Waals surface area contributed by atoms with E-state index in [1.54, 1.807) is 19.4 Å². The van der Waals surface area contributed by atoms with Crippen molar-refractivity contribution in [2.45, 2.75) is 0 Å². The Labute approximate surface area is 86.7 Å². The average Bonchev–Trinajstić information content (AvgIpc) is 2.70. The van der Waals surface area contributed by atoms with E-state index in [0.717, 1.165) is 17.0 Å². The Kier molecular flexibility index (Phi) is 2.41. The van der Waals surface area contributed by atoms with E-state index in [9.17, 15) is 0 Å². The Bertz CT molecular complexity index is 426. The zero-order valence-corrected chi connectivity index (χ0v) is 8.38. The van der Waals surface area contributed by atoms with E-state index in [4.69, 9.17) is 16.3 Å². The fourth-order valence-electron chi connectivity index (χ4n) is 1.25. The Hall–Kier alpha value is -1.48. The zero-order valence-electron chi connectivity index (χ0n) is 7.62. The zero-order chi connectivity index (χ0) is 9.97. The minimum absolute atomic E-state index is 0.647. The third-order valence-corrected chi connectivity index (χ3v) is 2.28. The Balaban J connectivity index is 2.46. The van der Waals surface area contributed by atoms with Gasteiger partial charge in [-0.15, -0.1) is 0 Å². The number of nitrogens with one attached hydrogen (secondary N) is 1. The molecule has 0 saturated carbocycles. The first-order chi connectivity index (χ1) is 6.81. The number of aromatic amines is 1. The number of rotatable bonds is 2. The Morgan fingerprint density at radius 2 is 2.21 bits per heavy atom. The molecular formula is C10H9ClN2O. The van der Waals surface area contributed by atoms with Crippen LogP contribution in [0.4, 0.5) is 0 Å². The smallest absolute Gasteiger partial charge is 0.120 e. The second kappa shape index (κ2) is 3.72. The summed E-state index contributed by atoms with van der Waals surface area (Å²) in [6.07, 6.45) is 1.69. The van der Waals surface area contributed by atoms with Crippen LogP contribution in [-0.4, -0.2) is 17.3 Å². The van der Waals surface area contributed by atoms with Crippen LogP contribution in [0.15, 0.2) is 30.5 Å². The lowest BCUT2D eigenvalue weighted by molar-refractivity contribution is 0.415. The lowest BCUT2D eigenvalue weighted by Crippen LogP contribution is -1.84. The molecule has 2 rings (SSSR count). The molecule has 0 aliphatic carbocycles. The predicted molar refractivity (Wildman–Crippen MR) is 55.6 cm³/mol. The highest BCUT2D eigenvalue weighted by Gasteiger charge is 2.05. The number of aromatic nitrogens is 2. The molecule has 0 saturated heterocycles. The molecule has 0 atom stereocenters. The lowest BCUT2D eigenvalue weighted by atomic mass is 10.1. The molecule has 1 aromatic heterocycles. The molecule has 2 aromatic rings. The third kappa shape index (κ3) is 1.59. The molecule has 0 unspecified atom stereocenters. The second-order valence-corrected chi connectivity index (χ2v) is 3.22. The minimum Gasteiger partial charge on any atom is -0.497 e. The molecule has 0 bridgehead atoms. The Morgan fingerprint density at radius 3 is 2.79 bits per heavy atom. The van der Waals surface area contributed by atoms with Crippen molar-refractivity contribution in [3.05, 3.63) is 35.5 Å². The van der Waals surface area contributed by atoms with Gasteiger partial charge in [-0.2, -0.15) is 5.10 Å². The summed E-state index contributed by atoms with van der Waals surface area (Å²) in [4.78, 5) is 0. The van der Waals surface area contributed by atoms with Crippen molar-refractivity contribution in [2.24, 2.45) is 0 Å². The van der Waals surface area contributed by atoms with Crippen molar-refractivity contribution in [2.75, 3.05) is 7.11 Å². The highest BCUT2D eigenvalue weighted by molar-refractivity contribution is 6.33. The number of hydrogen-bond donors (Lipinski definition) is 1. The van der Waals surface area contributed by atoms with Gasteiger partial charge < -0.3 is 4.74 Å². The number of H-pyrrole nitrogens is 1. The second-order valence-electron chi connectivity index (χ2n) is 2.82. The van der Waals surface area contributed by atoms with Crippen LogP contribution in [-0.2, 0) is 0 Å². The van der Waals surface area contributed by atoms with E-state index in [1.165, 1.54) is 0 Å². The molecule has 0 aliphatic rings. The van der Waals surface area contributed by atoms with Gasteiger partial charge in [0.1, 0.15) is 5.75 Å². The maximum Gasteiger partial charge on any atom is 0.120 e. The van der Waals surface area contributed by atoms with E-state index in [1.807, 2.05) is 18.2 Å². The molecule has 1 N–H and O–H groups in total. The van der Waals surface area contributed by atoms with E-state index in [2.05, 4.69) is 10.2 Å². The van der Waals surface area contributed by atoms with E-state index < -0.39 is 0 Å². The van der Waals surface area contributed by atoms with Crippen molar-refractivity contribution in [1.29, 1.82) is 0 Å². The summed E-state index contributed by atoms with van der Waals surface area (Å²) < 4.78 is 5.06. The molecule has 1 aromatic carbocycles. The minimum atomic E-state index is 0.647. The summed E-state index contributed by atoms with van der Waals surface area (Å²) in [5.41, 5.74) is 1.82. The van der Waals surface area contributed by atoms with Crippen molar-refractivity contribution in [1.82, 2.24) is 10.2 Å². The van der Waals surface area contributed by atoms with Gasteiger partial charge >= 0.3 is 0 Å². The van der Waals surface area contributed by atoms with Gasteiger partial charge in [0.15, 0.2) is 0 Å². The van der Waals surface area contributed by atoms with Gasteiger partial charge in [-0.05, 0) is 24.3 Å². The van der Waals surface area contributed by atoms with Gasteiger partial charge in [-0.3, -0.25) is 5.10 Å². The first kappa shape index (κ1) is 9.09. The number of halogens is 1. The van der Waals surface area contributed by atoms with Gasteiger partial charge in [0.05, 0.1) is 17.8 Å². The van der Waals surface area contributed by atoms with Crippen LogP contribution in [0, 0.1) is 0 Å². The molecule has 4 heteroatoms. The van der Waals surface area contributed by atoms with Gasteiger partial charge in [0.25, 0.3) is 0 Å². The van der Waals surface area contributed by atoms with E-state index >= 15 is 0 Å². The third-order valence-electron chi connectivity index (χ3n) is 1.97. The fraction of sp³-hybridized carbons (Fsp3) is 0.100. The maximum absolute atomic E-state index is 6.07. The molecule has 0 aliphatic heterocycles. The molecule has 0 spiro atoms. The highest BCUT2D eigenvalue weighted by Crippen LogP contribution is 2.29. The molecule has 1 heterocycles. The first-order valence-electron chi connectivity index (χ1n) is 4.14. The number of methoxy groups -OCH3 is 1. The average molecular weight is 209 g/mol. The standard InChI is InChI=1S/C10H9ClN2O/c1-14-7-2-3-8(9(11)6-7)10-4-5-12-13-10/h2-6H,1H3,(H,12,13). The van der Waals surface area contributed by atoms with Crippen LogP contribution < -0.4 is 4.74 Å². The summed E-state index contributed by atoms with van der Waals surface area (Å²) in [7, 11) is 1.61. The number of nitrogens with zero attached hydrogens (tertiary/aromatic N) is 1. The SMILES string of the molecule is COc1ccc(-c2ccn[nH]2)c(Cl)c1. The van der Waals surface area contributed by atoms with Gasteiger partial charge in [0.2, 0.25) is 0 Å². The normalized spacial score (nSPS) is 10.1. The summed E-state index contributed by atoms with van der Waals surface area (Å²) in [5, 5.41) is 7.37. The van der Waals surface area contributed by atoms with Gasteiger partial charge in [-0.1, -0.05) is 11.6 Å².